The van der Waals surface area contributed by atoms with Crippen molar-refractivity contribution in [3.8, 4) is 0 Å². The van der Waals surface area contributed by atoms with E-state index in [1.807, 2.05) is 37.3 Å². The van der Waals surface area contributed by atoms with Crippen LogP contribution in [0.1, 0.15) is 22.6 Å². The first-order valence-corrected chi connectivity index (χ1v) is 7.28. The van der Waals surface area contributed by atoms with Crippen LogP contribution >= 0.6 is 0 Å². The number of nitrogens with zero attached hydrogens (tertiary/aromatic N) is 2. The minimum Gasteiger partial charge on any atom is -0.445 e. The highest BCUT2D eigenvalue weighted by molar-refractivity contribution is 5.68. The van der Waals surface area contributed by atoms with Crippen molar-refractivity contribution in [1.29, 1.82) is 0 Å². The predicted octanol–water partition coefficient (Wildman–Crippen LogP) is 2.01. The van der Waals surface area contributed by atoms with Crippen LogP contribution in [0.15, 0.2) is 34.9 Å². The van der Waals surface area contributed by atoms with E-state index >= 15 is 0 Å². The minimum atomic E-state index is -0.388. The number of fused-ring (bicyclic) bond motifs is 1. The molecule has 1 amide bonds. The third kappa shape index (κ3) is 3.12. The number of nitrogens with two attached hydrogens (primary N) is 1. The molecule has 0 bridgehead atoms. The number of aromatic nitrogens is 1. The van der Waals surface area contributed by atoms with Gasteiger partial charge in [-0.15, -0.1) is 0 Å². The summed E-state index contributed by atoms with van der Waals surface area (Å²) in [6.07, 6.45) is 0.272. The van der Waals surface area contributed by atoms with Gasteiger partial charge in [-0.25, -0.2) is 4.79 Å². The first-order chi connectivity index (χ1) is 10.6. The molecule has 2 aromatic rings. The average Bonchev–Trinajstić information content (AvgIpc) is 2.76. The van der Waals surface area contributed by atoms with Gasteiger partial charge in [0.25, 0.3) is 0 Å². The van der Waals surface area contributed by atoms with Gasteiger partial charge in [-0.3, -0.25) is 4.90 Å². The van der Waals surface area contributed by atoms with E-state index in [1.165, 1.54) is 0 Å². The third-order valence-electron chi connectivity index (χ3n) is 3.79. The van der Waals surface area contributed by atoms with Crippen molar-refractivity contribution in [2.24, 2.45) is 5.73 Å². The van der Waals surface area contributed by atoms with E-state index in [9.17, 15) is 4.79 Å². The fraction of sp³-hybridized carbons (Fsp3) is 0.375. The smallest absolute Gasteiger partial charge is 0.410 e. The highest BCUT2D eigenvalue weighted by Crippen LogP contribution is 2.21. The minimum absolute atomic E-state index is 0.149. The largest absolute Gasteiger partial charge is 0.445 e. The van der Waals surface area contributed by atoms with Crippen LogP contribution in [0.4, 0.5) is 4.79 Å². The first kappa shape index (κ1) is 14.6. The van der Waals surface area contributed by atoms with E-state index < -0.39 is 0 Å². The summed E-state index contributed by atoms with van der Waals surface area (Å²) in [5.74, 6) is 0.696. The Morgan fingerprint density at radius 3 is 3.00 bits per heavy atom. The number of benzene rings is 1. The lowest BCUT2D eigenvalue weighted by Gasteiger charge is -2.21. The van der Waals surface area contributed by atoms with Crippen molar-refractivity contribution in [3.05, 3.63) is 52.9 Å². The van der Waals surface area contributed by atoms with Crippen molar-refractivity contribution < 1.29 is 14.1 Å². The van der Waals surface area contributed by atoms with Crippen LogP contribution in [0.5, 0.6) is 0 Å². The summed E-state index contributed by atoms with van der Waals surface area (Å²) in [6.45, 7) is 2.92. The average molecular weight is 301 g/mol. The molecular formula is C16H19N3O3. The van der Waals surface area contributed by atoms with Crippen molar-refractivity contribution in [3.63, 3.8) is 0 Å². The summed E-state index contributed by atoms with van der Waals surface area (Å²) >= 11 is 0. The summed E-state index contributed by atoms with van der Waals surface area (Å²) in [4.78, 5) is 13.8. The monoisotopic (exact) mass is 301 g/mol. The number of aryl methyl sites for hydroxylation is 1. The molecule has 0 saturated heterocycles. The Morgan fingerprint density at radius 1 is 1.45 bits per heavy atom. The highest BCUT2D eigenvalue weighted by Gasteiger charge is 2.28. The maximum Gasteiger partial charge on any atom is 0.410 e. The van der Waals surface area contributed by atoms with Gasteiger partial charge in [0, 0.05) is 18.2 Å². The van der Waals surface area contributed by atoms with Crippen molar-refractivity contribution >= 4 is 6.09 Å². The van der Waals surface area contributed by atoms with Gasteiger partial charge in [-0.05, 0) is 18.9 Å². The molecular weight excluding hydrogens is 282 g/mol. The Labute approximate surface area is 128 Å². The van der Waals surface area contributed by atoms with E-state index in [2.05, 4.69) is 5.16 Å². The molecule has 0 spiro atoms. The molecule has 0 aliphatic carbocycles. The molecule has 1 aromatic carbocycles. The summed E-state index contributed by atoms with van der Waals surface area (Å²) in [5, 5.41) is 3.95. The SMILES string of the molecule is Cc1noc2c1C[C@H](N)CN(C(=O)OCc1ccccc1)C2. The number of ether oxygens (including phenoxy) is 1. The molecule has 22 heavy (non-hydrogen) atoms. The summed E-state index contributed by atoms with van der Waals surface area (Å²) in [6, 6.07) is 9.43. The number of rotatable bonds is 2. The molecule has 1 aliphatic rings. The van der Waals surface area contributed by atoms with Crippen LogP contribution in [0.25, 0.3) is 0 Å². The number of carbonyl (C=O) groups excluding carboxylic acids is 1. The van der Waals surface area contributed by atoms with E-state index in [0.29, 0.717) is 25.3 Å². The van der Waals surface area contributed by atoms with Crippen LogP contribution in [0.3, 0.4) is 0 Å². The number of amides is 1. The summed E-state index contributed by atoms with van der Waals surface area (Å²) in [5.41, 5.74) is 8.89. The zero-order valence-electron chi connectivity index (χ0n) is 12.5. The fourth-order valence-corrected chi connectivity index (χ4v) is 2.62. The molecule has 2 heterocycles. The van der Waals surface area contributed by atoms with Crippen molar-refractivity contribution in [2.45, 2.75) is 32.5 Å². The maximum absolute atomic E-state index is 12.3. The standard InChI is InChI=1S/C16H19N3O3/c1-11-14-7-13(17)8-19(9-15(14)22-18-11)16(20)21-10-12-5-3-2-4-6-12/h2-6,13H,7-10,17H2,1H3/t13-/m0/s1. The number of carbonyl (C=O) groups is 1. The van der Waals surface area contributed by atoms with E-state index in [1.54, 1.807) is 4.90 Å². The predicted molar refractivity (Wildman–Crippen MR) is 80.0 cm³/mol. The Morgan fingerprint density at radius 2 is 2.23 bits per heavy atom. The third-order valence-corrected chi connectivity index (χ3v) is 3.79. The van der Waals surface area contributed by atoms with E-state index in [-0.39, 0.29) is 18.7 Å². The number of hydrogen-bond acceptors (Lipinski definition) is 5. The molecule has 116 valence electrons. The Hall–Kier alpha value is -2.34. The normalized spacial score (nSPS) is 17.7. The molecule has 6 heteroatoms. The maximum atomic E-state index is 12.3. The van der Waals surface area contributed by atoms with Gasteiger partial charge in [0.15, 0.2) is 5.76 Å². The van der Waals surface area contributed by atoms with E-state index in [4.69, 9.17) is 15.0 Å². The van der Waals surface area contributed by atoms with Crippen LogP contribution in [-0.4, -0.2) is 28.7 Å². The quantitative estimate of drug-likeness (QED) is 0.917. The molecule has 1 aromatic heterocycles. The second-order valence-electron chi connectivity index (χ2n) is 5.55. The molecule has 1 aliphatic heterocycles. The second-order valence-corrected chi connectivity index (χ2v) is 5.55. The van der Waals surface area contributed by atoms with Gasteiger partial charge in [0.2, 0.25) is 0 Å². The molecule has 3 rings (SSSR count). The second kappa shape index (κ2) is 6.19. The van der Waals surface area contributed by atoms with Crippen molar-refractivity contribution in [1.82, 2.24) is 10.1 Å². The van der Waals surface area contributed by atoms with Crippen LogP contribution < -0.4 is 5.73 Å². The lowest BCUT2D eigenvalue weighted by Crippen LogP contribution is -2.40. The first-order valence-electron chi connectivity index (χ1n) is 7.28. The Balaban J connectivity index is 1.67. The van der Waals surface area contributed by atoms with Crippen LogP contribution in [-0.2, 0) is 24.3 Å². The van der Waals surface area contributed by atoms with Gasteiger partial charge in [-0.1, -0.05) is 35.5 Å². The lowest BCUT2D eigenvalue weighted by atomic mass is 10.1. The van der Waals surface area contributed by atoms with Gasteiger partial charge < -0.3 is 15.0 Å². The van der Waals surface area contributed by atoms with Crippen LogP contribution in [0, 0.1) is 6.92 Å². The molecule has 2 N–H and O–H groups in total. The molecule has 1 atom stereocenters. The van der Waals surface area contributed by atoms with Crippen molar-refractivity contribution in [2.75, 3.05) is 6.54 Å². The molecule has 0 unspecified atom stereocenters. The molecule has 0 fully saturated rings. The zero-order valence-corrected chi connectivity index (χ0v) is 12.5. The highest BCUT2D eigenvalue weighted by atomic mass is 16.6. The topological polar surface area (TPSA) is 81.6 Å². The van der Waals surface area contributed by atoms with Gasteiger partial charge in [0.1, 0.15) is 6.61 Å². The van der Waals surface area contributed by atoms with Crippen LogP contribution in [0.2, 0.25) is 0 Å². The van der Waals surface area contributed by atoms with Gasteiger partial charge in [0.05, 0.1) is 12.2 Å². The van der Waals surface area contributed by atoms with Gasteiger partial charge >= 0.3 is 6.09 Å². The van der Waals surface area contributed by atoms with Gasteiger partial charge in [-0.2, -0.15) is 0 Å². The number of hydrogen-bond donors (Lipinski definition) is 1. The summed E-state index contributed by atoms with van der Waals surface area (Å²) < 4.78 is 10.7. The molecule has 0 radical (unpaired) electrons. The Bertz CT molecular complexity index is 654. The molecule has 6 nitrogen and oxygen atoms in total. The Kier molecular flexibility index (Phi) is 4.11. The lowest BCUT2D eigenvalue weighted by molar-refractivity contribution is 0.0894. The fourth-order valence-electron chi connectivity index (χ4n) is 2.62. The zero-order chi connectivity index (χ0) is 15.5. The van der Waals surface area contributed by atoms with E-state index in [0.717, 1.165) is 16.8 Å². The summed E-state index contributed by atoms with van der Waals surface area (Å²) in [7, 11) is 0. The molecule has 0 saturated carbocycles.